The maximum atomic E-state index is 11.8. The van der Waals surface area contributed by atoms with Crippen molar-refractivity contribution in [1.29, 1.82) is 0 Å². The van der Waals surface area contributed by atoms with Gasteiger partial charge in [-0.15, -0.1) is 0 Å². The van der Waals surface area contributed by atoms with Crippen LogP contribution in [0.5, 0.6) is 0 Å². The number of aryl methyl sites for hydroxylation is 1. The zero-order valence-corrected chi connectivity index (χ0v) is 11.1. The van der Waals surface area contributed by atoms with E-state index in [9.17, 15) is 14.9 Å². The molecule has 0 fully saturated rings. The molecule has 0 aliphatic carbocycles. The van der Waals surface area contributed by atoms with E-state index in [4.69, 9.17) is 5.11 Å². The maximum Gasteiger partial charge on any atom is 0.287 e. The number of aliphatic hydroxyl groups excluding tert-OH is 1. The number of nitrogens with one attached hydrogen (secondary N) is 1. The molecule has 0 saturated heterocycles. The third kappa shape index (κ3) is 4.36. The molecule has 0 spiro atoms. The van der Waals surface area contributed by atoms with Crippen LogP contribution in [0.1, 0.15) is 30.3 Å². The van der Waals surface area contributed by atoms with Gasteiger partial charge in [-0.25, -0.2) is 0 Å². The minimum atomic E-state index is -0.528. The van der Waals surface area contributed by atoms with Crippen molar-refractivity contribution in [2.75, 3.05) is 13.2 Å². The van der Waals surface area contributed by atoms with Crippen molar-refractivity contribution < 1.29 is 14.8 Å². The molecule has 0 bridgehead atoms. The van der Waals surface area contributed by atoms with E-state index < -0.39 is 4.92 Å². The Morgan fingerprint density at radius 3 is 2.84 bits per heavy atom. The average Bonchev–Trinajstić information content (AvgIpc) is 2.76. The highest BCUT2D eigenvalue weighted by Gasteiger charge is 2.17. The summed E-state index contributed by atoms with van der Waals surface area (Å²) in [6.45, 7) is 2.56. The summed E-state index contributed by atoms with van der Waals surface area (Å²) in [5.41, 5.74) is 0.170. The topological polar surface area (TPSA) is 97.4 Å². The summed E-state index contributed by atoms with van der Waals surface area (Å²) in [7, 11) is 1.59. The first-order chi connectivity index (χ1) is 8.95. The van der Waals surface area contributed by atoms with Crippen molar-refractivity contribution in [2.24, 2.45) is 13.0 Å². The van der Waals surface area contributed by atoms with Gasteiger partial charge in [-0.3, -0.25) is 14.9 Å². The minimum Gasteiger partial charge on any atom is -0.396 e. The fourth-order valence-electron chi connectivity index (χ4n) is 1.71. The number of amides is 1. The van der Waals surface area contributed by atoms with Gasteiger partial charge >= 0.3 is 0 Å². The molecule has 0 aliphatic heterocycles. The summed E-state index contributed by atoms with van der Waals surface area (Å²) >= 11 is 0. The molecular weight excluding hydrogens is 250 g/mol. The quantitative estimate of drug-likeness (QED) is 0.439. The minimum absolute atomic E-state index is 0.0958. The highest BCUT2D eigenvalue weighted by molar-refractivity contribution is 5.93. The second-order valence-corrected chi connectivity index (χ2v) is 4.64. The predicted molar refractivity (Wildman–Crippen MR) is 69.9 cm³/mol. The van der Waals surface area contributed by atoms with Crippen molar-refractivity contribution in [2.45, 2.75) is 19.8 Å². The van der Waals surface area contributed by atoms with E-state index in [0.717, 1.165) is 12.8 Å². The van der Waals surface area contributed by atoms with Gasteiger partial charge in [0.15, 0.2) is 0 Å². The van der Waals surface area contributed by atoms with Crippen LogP contribution < -0.4 is 5.32 Å². The Morgan fingerprint density at radius 2 is 2.32 bits per heavy atom. The van der Waals surface area contributed by atoms with E-state index in [0.29, 0.717) is 6.54 Å². The largest absolute Gasteiger partial charge is 0.396 e. The van der Waals surface area contributed by atoms with Crippen molar-refractivity contribution in [3.63, 3.8) is 0 Å². The van der Waals surface area contributed by atoms with Crippen LogP contribution in [0.3, 0.4) is 0 Å². The smallest absolute Gasteiger partial charge is 0.287 e. The highest BCUT2D eigenvalue weighted by Crippen LogP contribution is 2.15. The number of aliphatic hydroxyl groups is 1. The summed E-state index contributed by atoms with van der Waals surface area (Å²) in [6, 6.07) is 1.26. The number of hydrogen-bond donors (Lipinski definition) is 2. The fourth-order valence-corrected chi connectivity index (χ4v) is 1.71. The van der Waals surface area contributed by atoms with Crippen LogP contribution in [0.4, 0.5) is 5.69 Å². The molecule has 0 saturated carbocycles. The number of carbonyl (C=O) groups excluding carboxylic acids is 1. The van der Waals surface area contributed by atoms with E-state index in [2.05, 4.69) is 5.32 Å². The molecule has 1 unspecified atom stereocenters. The second kappa shape index (κ2) is 6.89. The Labute approximate surface area is 111 Å². The summed E-state index contributed by atoms with van der Waals surface area (Å²) in [5.74, 6) is -0.111. The van der Waals surface area contributed by atoms with Gasteiger partial charge in [0.05, 0.1) is 11.1 Å². The summed E-state index contributed by atoms with van der Waals surface area (Å²) < 4.78 is 1.43. The Bertz CT molecular complexity index is 456. The van der Waals surface area contributed by atoms with Crippen molar-refractivity contribution in [3.8, 4) is 0 Å². The van der Waals surface area contributed by atoms with Gasteiger partial charge in [0.25, 0.3) is 11.6 Å². The summed E-state index contributed by atoms with van der Waals surface area (Å²) in [6.07, 6.45) is 2.90. The van der Waals surface area contributed by atoms with Gasteiger partial charge in [0.1, 0.15) is 5.69 Å². The highest BCUT2D eigenvalue weighted by atomic mass is 16.6. The van der Waals surface area contributed by atoms with Crippen LogP contribution >= 0.6 is 0 Å². The standard InChI is InChI=1S/C12H19N3O4/c1-9(8-16)4-3-5-13-12(17)11-6-10(15(18)19)7-14(11)2/h6-7,9,16H,3-5,8H2,1-2H3,(H,13,17). The molecule has 1 atom stereocenters. The molecular formula is C12H19N3O4. The van der Waals surface area contributed by atoms with Crippen LogP contribution in [0.2, 0.25) is 0 Å². The molecule has 0 radical (unpaired) electrons. The Morgan fingerprint density at radius 1 is 1.63 bits per heavy atom. The second-order valence-electron chi connectivity index (χ2n) is 4.64. The van der Waals surface area contributed by atoms with Gasteiger partial charge in [-0.1, -0.05) is 6.92 Å². The number of hydrogen-bond acceptors (Lipinski definition) is 4. The van der Waals surface area contributed by atoms with Crippen LogP contribution in [0.15, 0.2) is 12.3 Å². The molecule has 1 rings (SSSR count). The van der Waals surface area contributed by atoms with E-state index >= 15 is 0 Å². The monoisotopic (exact) mass is 269 g/mol. The molecule has 7 nitrogen and oxygen atoms in total. The fraction of sp³-hybridized carbons (Fsp3) is 0.583. The summed E-state index contributed by atoms with van der Waals surface area (Å²) in [4.78, 5) is 21.9. The molecule has 1 aromatic rings. The number of rotatable bonds is 7. The number of nitro groups is 1. The lowest BCUT2D eigenvalue weighted by Gasteiger charge is -2.08. The Balaban J connectivity index is 2.47. The lowest BCUT2D eigenvalue weighted by molar-refractivity contribution is -0.384. The van der Waals surface area contributed by atoms with Crippen LogP contribution in [-0.4, -0.2) is 33.7 Å². The van der Waals surface area contributed by atoms with E-state index in [1.54, 1.807) is 7.05 Å². The van der Waals surface area contributed by atoms with Crippen molar-refractivity contribution in [3.05, 3.63) is 28.1 Å². The molecule has 1 amide bonds. The van der Waals surface area contributed by atoms with Gasteiger partial charge in [-0.05, 0) is 18.8 Å². The van der Waals surface area contributed by atoms with Crippen LogP contribution in [0.25, 0.3) is 0 Å². The zero-order chi connectivity index (χ0) is 14.4. The predicted octanol–water partition coefficient (Wildman–Crippen LogP) is 1.07. The van der Waals surface area contributed by atoms with Gasteiger partial charge in [0.2, 0.25) is 0 Å². The first-order valence-corrected chi connectivity index (χ1v) is 6.15. The zero-order valence-electron chi connectivity index (χ0n) is 11.1. The van der Waals surface area contributed by atoms with Crippen molar-refractivity contribution in [1.82, 2.24) is 9.88 Å². The van der Waals surface area contributed by atoms with Gasteiger partial charge < -0.3 is 15.0 Å². The first-order valence-electron chi connectivity index (χ1n) is 6.15. The van der Waals surface area contributed by atoms with Crippen LogP contribution in [-0.2, 0) is 7.05 Å². The molecule has 0 aliphatic rings. The number of carbonyl (C=O) groups is 1. The Hall–Kier alpha value is -1.89. The molecule has 1 aromatic heterocycles. The number of nitrogens with zero attached hydrogens (tertiary/aromatic N) is 2. The van der Waals surface area contributed by atoms with E-state index in [1.165, 1.54) is 16.8 Å². The van der Waals surface area contributed by atoms with E-state index in [-0.39, 0.29) is 29.8 Å². The SMILES string of the molecule is CC(CO)CCCNC(=O)c1cc([N+](=O)[O-])cn1C. The van der Waals surface area contributed by atoms with Crippen LogP contribution in [0, 0.1) is 16.0 Å². The molecule has 2 N–H and O–H groups in total. The third-order valence-corrected chi connectivity index (χ3v) is 2.90. The maximum absolute atomic E-state index is 11.8. The number of aromatic nitrogens is 1. The molecule has 1 heterocycles. The Kier molecular flexibility index (Phi) is 5.50. The lowest BCUT2D eigenvalue weighted by atomic mass is 10.1. The average molecular weight is 269 g/mol. The first kappa shape index (κ1) is 15.2. The lowest BCUT2D eigenvalue weighted by Crippen LogP contribution is -2.26. The molecule has 7 heteroatoms. The van der Waals surface area contributed by atoms with Gasteiger partial charge in [0, 0.05) is 26.3 Å². The summed E-state index contributed by atoms with van der Waals surface area (Å²) in [5, 5.41) is 22.2. The molecule has 106 valence electrons. The molecule has 0 aromatic carbocycles. The normalized spacial score (nSPS) is 12.2. The third-order valence-electron chi connectivity index (χ3n) is 2.90. The van der Waals surface area contributed by atoms with Gasteiger partial charge in [-0.2, -0.15) is 0 Å². The van der Waals surface area contributed by atoms with E-state index in [1.807, 2.05) is 6.92 Å². The molecule has 19 heavy (non-hydrogen) atoms. The van der Waals surface area contributed by atoms with Crippen molar-refractivity contribution >= 4 is 11.6 Å².